The van der Waals surface area contributed by atoms with Gasteiger partial charge in [-0.3, -0.25) is 0 Å². The van der Waals surface area contributed by atoms with E-state index >= 15 is 0 Å². The Morgan fingerprint density at radius 3 is 2.21 bits per heavy atom. The Hall–Kier alpha value is -0.260. The third-order valence-corrected chi connectivity index (χ3v) is 3.34. The first kappa shape index (κ1) is 11.8. The molecule has 82 valence electrons. The van der Waals surface area contributed by atoms with Crippen LogP contribution in [0.15, 0.2) is 11.1 Å². The summed E-state index contributed by atoms with van der Waals surface area (Å²) in [7, 11) is 0. The van der Waals surface area contributed by atoms with E-state index < -0.39 is 0 Å². The van der Waals surface area contributed by atoms with Crippen molar-refractivity contribution in [2.45, 2.75) is 78.1 Å². The molecule has 1 saturated carbocycles. The highest BCUT2D eigenvalue weighted by molar-refractivity contribution is 5.15. The zero-order valence-electron chi connectivity index (χ0n) is 10.1. The van der Waals surface area contributed by atoms with Crippen LogP contribution in [-0.4, -0.2) is 0 Å². The standard InChI is InChI=1S/C14H26/c1-3-5-10-13(9-4-2)14-11-7-6-8-12-14/h3-12H2,1-2H3. The number of hydrogen-bond acceptors (Lipinski definition) is 0. The molecule has 0 nitrogen and oxygen atoms in total. The van der Waals surface area contributed by atoms with Crippen LogP contribution in [0, 0.1) is 0 Å². The number of unbranched alkanes of at least 4 members (excludes halogenated alkanes) is 1. The van der Waals surface area contributed by atoms with Gasteiger partial charge in [0.25, 0.3) is 0 Å². The van der Waals surface area contributed by atoms with Crippen LogP contribution in [0.4, 0.5) is 0 Å². The van der Waals surface area contributed by atoms with Gasteiger partial charge in [0.1, 0.15) is 0 Å². The molecule has 0 unspecified atom stereocenters. The summed E-state index contributed by atoms with van der Waals surface area (Å²) >= 11 is 0. The second-order valence-corrected chi connectivity index (χ2v) is 4.62. The van der Waals surface area contributed by atoms with Crippen LogP contribution in [0.1, 0.15) is 78.1 Å². The van der Waals surface area contributed by atoms with Crippen LogP contribution in [0.25, 0.3) is 0 Å². The third kappa shape index (κ3) is 3.86. The smallest absolute Gasteiger partial charge is 0.0318 e. The lowest BCUT2D eigenvalue weighted by molar-refractivity contribution is 0.580. The molecule has 0 aromatic rings. The minimum absolute atomic E-state index is 1.34. The van der Waals surface area contributed by atoms with Crippen molar-refractivity contribution in [2.75, 3.05) is 0 Å². The minimum Gasteiger partial charge on any atom is -0.0710 e. The first-order valence-corrected chi connectivity index (χ1v) is 6.58. The topological polar surface area (TPSA) is 0 Å². The fourth-order valence-electron chi connectivity index (χ4n) is 2.50. The first-order chi connectivity index (χ1) is 6.88. The van der Waals surface area contributed by atoms with Crippen molar-refractivity contribution >= 4 is 0 Å². The molecule has 0 amide bonds. The van der Waals surface area contributed by atoms with Crippen LogP contribution >= 0.6 is 0 Å². The summed E-state index contributed by atoms with van der Waals surface area (Å²) in [6, 6.07) is 0. The molecule has 0 aromatic carbocycles. The Bertz CT molecular complexity index is 168. The molecule has 1 fully saturated rings. The van der Waals surface area contributed by atoms with E-state index in [9.17, 15) is 0 Å². The highest BCUT2D eigenvalue weighted by Gasteiger charge is 2.10. The summed E-state index contributed by atoms with van der Waals surface area (Å²) in [5.74, 6) is 0. The van der Waals surface area contributed by atoms with Crippen molar-refractivity contribution in [3.63, 3.8) is 0 Å². The summed E-state index contributed by atoms with van der Waals surface area (Å²) in [6.07, 6.45) is 14.1. The number of hydrogen-bond donors (Lipinski definition) is 0. The quantitative estimate of drug-likeness (QED) is 0.525. The van der Waals surface area contributed by atoms with Gasteiger partial charge in [-0.15, -0.1) is 0 Å². The van der Waals surface area contributed by atoms with Gasteiger partial charge in [0.05, 0.1) is 0 Å². The summed E-state index contributed by atoms with van der Waals surface area (Å²) in [5.41, 5.74) is 3.67. The maximum absolute atomic E-state index is 2.31. The summed E-state index contributed by atoms with van der Waals surface area (Å²) in [6.45, 7) is 4.62. The average molecular weight is 194 g/mol. The highest BCUT2D eigenvalue weighted by atomic mass is 14.2. The molecule has 0 spiro atoms. The average Bonchev–Trinajstić information content (AvgIpc) is 2.25. The van der Waals surface area contributed by atoms with Crippen LogP contribution in [0.2, 0.25) is 0 Å². The summed E-state index contributed by atoms with van der Waals surface area (Å²) in [5, 5.41) is 0. The van der Waals surface area contributed by atoms with Crippen LogP contribution in [-0.2, 0) is 0 Å². The number of rotatable bonds is 5. The Morgan fingerprint density at radius 1 is 0.929 bits per heavy atom. The maximum Gasteiger partial charge on any atom is -0.0318 e. The summed E-state index contributed by atoms with van der Waals surface area (Å²) in [4.78, 5) is 0. The molecular weight excluding hydrogens is 168 g/mol. The molecule has 0 bridgehead atoms. The van der Waals surface area contributed by atoms with Crippen LogP contribution < -0.4 is 0 Å². The van der Waals surface area contributed by atoms with E-state index in [0.29, 0.717) is 0 Å². The van der Waals surface area contributed by atoms with Crippen molar-refractivity contribution in [1.82, 2.24) is 0 Å². The normalized spacial score (nSPS) is 17.1. The zero-order valence-corrected chi connectivity index (χ0v) is 10.1. The van der Waals surface area contributed by atoms with Crippen molar-refractivity contribution in [2.24, 2.45) is 0 Å². The Labute approximate surface area is 89.8 Å². The lowest BCUT2D eigenvalue weighted by Crippen LogP contribution is -1.99. The predicted molar refractivity (Wildman–Crippen MR) is 64.5 cm³/mol. The minimum atomic E-state index is 1.34. The van der Waals surface area contributed by atoms with Crippen molar-refractivity contribution < 1.29 is 0 Å². The molecule has 0 heteroatoms. The molecule has 0 saturated heterocycles. The van der Waals surface area contributed by atoms with E-state index in [-0.39, 0.29) is 0 Å². The number of allylic oxidation sites excluding steroid dienone is 2. The molecule has 1 aliphatic rings. The molecule has 0 atom stereocenters. The van der Waals surface area contributed by atoms with E-state index in [2.05, 4.69) is 13.8 Å². The Balaban J connectivity index is 2.51. The van der Waals surface area contributed by atoms with E-state index in [1.807, 2.05) is 11.1 Å². The fraction of sp³-hybridized carbons (Fsp3) is 0.857. The van der Waals surface area contributed by atoms with E-state index in [4.69, 9.17) is 0 Å². The van der Waals surface area contributed by atoms with E-state index in [1.54, 1.807) is 0 Å². The third-order valence-electron chi connectivity index (χ3n) is 3.34. The van der Waals surface area contributed by atoms with Gasteiger partial charge in [-0.05, 0) is 44.9 Å². The molecule has 0 aromatic heterocycles. The van der Waals surface area contributed by atoms with Crippen molar-refractivity contribution in [3.05, 3.63) is 11.1 Å². The van der Waals surface area contributed by atoms with Crippen LogP contribution in [0.5, 0.6) is 0 Å². The maximum atomic E-state index is 2.31. The van der Waals surface area contributed by atoms with Gasteiger partial charge in [-0.2, -0.15) is 0 Å². The SMILES string of the molecule is CCCCC(CCC)=C1CCCCC1. The largest absolute Gasteiger partial charge is 0.0710 e. The molecule has 0 radical (unpaired) electrons. The second-order valence-electron chi connectivity index (χ2n) is 4.62. The second kappa shape index (κ2) is 7.09. The molecule has 1 aliphatic carbocycles. The van der Waals surface area contributed by atoms with Gasteiger partial charge in [0.2, 0.25) is 0 Å². The van der Waals surface area contributed by atoms with Gasteiger partial charge in [0, 0.05) is 0 Å². The molecule has 1 rings (SSSR count). The van der Waals surface area contributed by atoms with Gasteiger partial charge < -0.3 is 0 Å². The molecule has 14 heavy (non-hydrogen) atoms. The highest BCUT2D eigenvalue weighted by Crippen LogP contribution is 2.30. The Kier molecular flexibility index (Phi) is 5.98. The van der Waals surface area contributed by atoms with Gasteiger partial charge in [0.15, 0.2) is 0 Å². The zero-order chi connectivity index (χ0) is 10.2. The fourth-order valence-corrected chi connectivity index (χ4v) is 2.50. The first-order valence-electron chi connectivity index (χ1n) is 6.58. The lowest BCUT2D eigenvalue weighted by atomic mass is 9.87. The van der Waals surface area contributed by atoms with Gasteiger partial charge in [-0.1, -0.05) is 44.3 Å². The monoisotopic (exact) mass is 194 g/mol. The molecule has 0 aliphatic heterocycles. The summed E-state index contributed by atoms with van der Waals surface area (Å²) < 4.78 is 0. The van der Waals surface area contributed by atoms with Crippen molar-refractivity contribution in [1.29, 1.82) is 0 Å². The Morgan fingerprint density at radius 2 is 1.64 bits per heavy atom. The van der Waals surface area contributed by atoms with Crippen LogP contribution in [0.3, 0.4) is 0 Å². The molecule has 0 N–H and O–H groups in total. The molecule has 0 heterocycles. The van der Waals surface area contributed by atoms with E-state index in [0.717, 1.165) is 0 Å². The molecular formula is C14H26. The van der Waals surface area contributed by atoms with Crippen molar-refractivity contribution in [3.8, 4) is 0 Å². The predicted octanol–water partition coefficient (Wildman–Crippen LogP) is 5.24. The lowest BCUT2D eigenvalue weighted by Gasteiger charge is -2.19. The van der Waals surface area contributed by atoms with E-state index in [1.165, 1.54) is 64.2 Å². The van der Waals surface area contributed by atoms with Gasteiger partial charge >= 0.3 is 0 Å². The van der Waals surface area contributed by atoms with Gasteiger partial charge in [-0.25, -0.2) is 0 Å².